The topological polar surface area (TPSA) is 114 Å². The monoisotopic (exact) mass is 215 g/mol. The van der Waals surface area contributed by atoms with Gasteiger partial charge in [-0.25, -0.2) is 4.98 Å². The van der Waals surface area contributed by atoms with Crippen LogP contribution in [-0.2, 0) is 4.74 Å². The van der Waals surface area contributed by atoms with Crippen LogP contribution >= 0.6 is 0 Å². The van der Waals surface area contributed by atoms with Crippen molar-refractivity contribution in [2.24, 2.45) is 0 Å². The molecule has 1 aromatic heterocycles. The van der Waals surface area contributed by atoms with Crippen LogP contribution < -0.4 is 5.73 Å². The van der Waals surface area contributed by atoms with Crippen molar-refractivity contribution < 1.29 is 20.1 Å². The van der Waals surface area contributed by atoms with E-state index in [0.29, 0.717) is 5.82 Å². The molecule has 1 aromatic rings. The highest BCUT2D eigenvalue weighted by Gasteiger charge is 2.43. The smallest absolute Gasteiger partial charge is 0.165 e. The average molecular weight is 215 g/mol. The Labute approximate surface area is 85.7 Å². The van der Waals surface area contributed by atoms with Gasteiger partial charge in [0.15, 0.2) is 6.23 Å². The van der Waals surface area contributed by atoms with Gasteiger partial charge in [0.1, 0.15) is 24.1 Å². The number of aliphatic hydroxyl groups is 3. The average Bonchev–Trinajstić information content (AvgIpc) is 2.74. The van der Waals surface area contributed by atoms with Crippen molar-refractivity contribution in [3.63, 3.8) is 0 Å². The fourth-order valence-corrected chi connectivity index (χ4v) is 1.64. The van der Waals surface area contributed by atoms with E-state index in [1.807, 2.05) is 0 Å². The minimum absolute atomic E-state index is 0.324. The lowest BCUT2D eigenvalue weighted by Crippen LogP contribution is -2.33. The van der Waals surface area contributed by atoms with E-state index in [4.69, 9.17) is 15.6 Å². The van der Waals surface area contributed by atoms with Crippen molar-refractivity contribution >= 4 is 5.82 Å². The van der Waals surface area contributed by atoms with E-state index in [1.165, 1.54) is 17.1 Å². The number of nitrogen functional groups attached to an aromatic ring is 1. The number of hydrogen-bond donors (Lipinski definition) is 4. The molecular weight excluding hydrogens is 202 g/mol. The fraction of sp³-hybridized carbons (Fsp3) is 0.625. The number of nitrogens with two attached hydrogens (primary N) is 1. The molecule has 0 spiro atoms. The molecule has 0 saturated carbocycles. The summed E-state index contributed by atoms with van der Waals surface area (Å²) in [5, 5.41) is 28.1. The second-order valence-corrected chi connectivity index (χ2v) is 3.45. The summed E-state index contributed by atoms with van der Waals surface area (Å²) in [4.78, 5) is 3.78. The Morgan fingerprint density at radius 1 is 1.47 bits per heavy atom. The van der Waals surface area contributed by atoms with E-state index in [2.05, 4.69) is 4.98 Å². The minimum Gasteiger partial charge on any atom is -0.394 e. The third kappa shape index (κ3) is 1.59. The van der Waals surface area contributed by atoms with E-state index in [9.17, 15) is 10.2 Å². The molecule has 2 heterocycles. The Morgan fingerprint density at radius 3 is 2.67 bits per heavy atom. The molecule has 7 heteroatoms. The van der Waals surface area contributed by atoms with E-state index in [0.717, 1.165) is 0 Å². The number of ether oxygens (including phenoxy) is 1. The SMILES string of the molecule is Nc1cncn1C1O[C@H](CO)[C@@H](O)[C@H]1O. The number of hydrogen-bond acceptors (Lipinski definition) is 6. The molecule has 1 aliphatic rings. The molecule has 0 aromatic carbocycles. The van der Waals surface area contributed by atoms with E-state index < -0.39 is 24.5 Å². The molecule has 4 atom stereocenters. The lowest BCUT2D eigenvalue weighted by molar-refractivity contribution is -0.0517. The molecule has 84 valence electrons. The summed E-state index contributed by atoms with van der Waals surface area (Å²) < 4.78 is 6.66. The van der Waals surface area contributed by atoms with Crippen LogP contribution in [0.5, 0.6) is 0 Å². The molecule has 1 fully saturated rings. The van der Waals surface area contributed by atoms with Crippen molar-refractivity contribution in [2.45, 2.75) is 24.5 Å². The number of aromatic nitrogens is 2. The van der Waals surface area contributed by atoms with Gasteiger partial charge in [-0.15, -0.1) is 0 Å². The summed E-state index contributed by atoms with van der Waals surface area (Å²) in [5.41, 5.74) is 5.58. The van der Waals surface area contributed by atoms with Gasteiger partial charge in [-0.3, -0.25) is 4.57 Å². The van der Waals surface area contributed by atoms with Crippen LogP contribution in [0.1, 0.15) is 6.23 Å². The zero-order chi connectivity index (χ0) is 11.0. The maximum atomic E-state index is 9.66. The van der Waals surface area contributed by atoms with Gasteiger partial charge in [-0.05, 0) is 0 Å². The minimum atomic E-state index is -1.13. The third-order valence-electron chi connectivity index (χ3n) is 2.49. The standard InChI is InChI=1S/C8H13N3O4/c9-5-1-10-3-11(5)8-7(14)6(13)4(2-12)15-8/h1,3-4,6-8,12-14H,2,9H2/t4-,6-,7-,8?/m1/s1. The molecule has 0 radical (unpaired) electrons. The van der Waals surface area contributed by atoms with Gasteiger partial charge >= 0.3 is 0 Å². The first kappa shape index (κ1) is 10.4. The summed E-state index contributed by atoms with van der Waals surface area (Å²) in [7, 11) is 0. The first-order valence-corrected chi connectivity index (χ1v) is 4.55. The zero-order valence-electron chi connectivity index (χ0n) is 7.89. The van der Waals surface area contributed by atoms with Gasteiger partial charge in [-0.2, -0.15) is 0 Å². The second-order valence-electron chi connectivity index (χ2n) is 3.45. The number of aliphatic hydroxyl groups excluding tert-OH is 3. The van der Waals surface area contributed by atoms with Crippen molar-refractivity contribution in [2.75, 3.05) is 12.3 Å². The van der Waals surface area contributed by atoms with Crippen LogP contribution in [0, 0.1) is 0 Å². The third-order valence-corrected chi connectivity index (χ3v) is 2.49. The first-order valence-electron chi connectivity index (χ1n) is 4.55. The predicted molar refractivity (Wildman–Crippen MR) is 49.6 cm³/mol. The largest absolute Gasteiger partial charge is 0.394 e. The normalized spacial score (nSPS) is 35.9. The number of rotatable bonds is 2. The molecule has 7 nitrogen and oxygen atoms in total. The van der Waals surface area contributed by atoms with Gasteiger partial charge in [0.25, 0.3) is 0 Å². The van der Waals surface area contributed by atoms with Gasteiger partial charge in [0, 0.05) is 0 Å². The molecule has 1 aliphatic heterocycles. The molecule has 2 rings (SSSR count). The van der Waals surface area contributed by atoms with Crippen molar-refractivity contribution in [3.05, 3.63) is 12.5 Å². The van der Waals surface area contributed by atoms with Gasteiger partial charge in [0.05, 0.1) is 19.1 Å². The highest BCUT2D eigenvalue weighted by molar-refractivity contribution is 5.25. The molecule has 15 heavy (non-hydrogen) atoms. The van der Waals surface area contributed by atoms with Gasteiger partial charge in [0.2, 0.25) is 0 Å². The summed E-state index contributed by atoms with van der Waals surface area (Å²) >= 11 is 0. The Morgan fingerprint density at radius 2 is 2.20 bits per heavy atom. The zero-order valence-corrected chi connectivity index (χ0v) is 7.89. The molecule has 0 amide bonds. The van der Waals surface area contributed by atoms with Crippen molar-refractivity contribution in [1.29, 1.82) is 0 Å². The summed E-state index contributed by atoms with van der Waals surface area (Å²) in [5.74, 6) is 0.324. The summed E-state index contributed by atoms with van der Waals surface area (Å²) in [6.45, 7) is -0.358. The van der Waals surface area contributed by atoms with E-state index in [-0.39, 0.29) is 6.61 Å². The van der Waals surface area contributed by atoms with Crippen LogP contribution in [-0.4, -0.2) is 49.8 Å². The number of nitrogens with zero attached hydrogens (tertiary/aromatic N) is 2. The van der Waals surface area contributed by atoms with Crippen molar-refractivity contribution in [3.8, 4) is 0 Å². The molecule has 5 N–H and O–H groups in total. The lowest BCUT2D eigenvalue weighted by atomic mass is 10.1. The second kappa shape index (κ2) is 3.78. The van der Waals surface area contributed by atoms with E-state index >= 15 is 0 Å². The maximum absolute atomic E-state index is 9.66. The number of imidazole rings is 1. The highest BCUT2D eigenvalue weighted by atomic mass is 16.6. The van der Waals surface area contributed by atoms with Crippen LogP contribution in [0.3, 0.4) is 0 Å². The van der Waals surface area contributed by atoms with Crippen LogP contribution in [0.15, 0.2) is 12.5 Å². The Balaban J connectivity index is 2.22. The Hall–Kier alpha value is -1.15. The van der Waals surface area contributed by atoms with Gasteiger partial charge < -0.3 is 25.8 Å². The Bertz CT molecular complexity index is 342. The first-order chi connectivity index (χ1) is 7.15. The van der Waals surface area contributed by atoms with Crippen LogP contribution in [0.25, 0.3) is 0 Å². The lowest BCUT2D eigenvalue weighted by Gasteiger charge is -2.16. The van der Waals surface area contributed by atoms with Crippen molar-refractivity contribution in [1.82, 2.24) is 9.55 Å². The molecule has 1 unspecified atom stereocenters. The van der Waals surface area contributed by atoms with Crippen LogP contribution in [0.4, 0.5) is 5.82 Å². The van der Waals surface area contributed by atoms with Crippen LogP contribution in [0.2, 0.25) is 0 Å². The Kier molecular flexibility index (Phi) is 2.61. The maximum Gasteiger partial charge on any atom is 0.165 e. The quantitative estimate of drug-likeness (QED) is 0.457. The summed E-state index contributed by atoms with van der Waals surface area (Å²) in [6, 6.07) is 0. The predicted octanol–water partition coefficient (Wildman–Crippen LogP) is -1.92. The highest BCUT2D eigenvalue weighted by Crippen LogP contribution is 2.30. The molecule has 0 bridgehead atoms. The molecule has 0 aliphatic carbocycles. The van der Waals surface area contributed by atoms with Gasteiger partial charge in [-0.1, -0.05) is 0 Å². The van der Waals surface area contributed by atoms with E-state index in [1.54, 1.807) is 0 Å². The fourth-order valence-electron chi connectivity index (χ4n) is 1.64. The molecule has 1 saturated heterocycles. The molecular formula is C8H13N3O4. The number of anilines is 1. The summed E-state index contributed by atoms with van der Waals surface area (Å²) in [6.07, 6.45) is -1.04.